The van der Waals surface area contributed by atoms with Gasteiger partial charge >= 0.3 is 0 Å². The third-order valence-corrected chi connectivity index (χ3v) is 5.24. The molecule has 0 aliphatic heterocycles. The van der Waals surface area contributed by atoms with Crippen molar-refractivity contribution in [1.82, 2.24) is 20.8 Å². The van der Waals surface area contributed by atoms with E-state index in [2.05, 4.69) is 20.8 Å². The molecule has 0 aliphatic rings. The van der Waals surface area contributed by atoms with Crippen molar-refractivity contribution in [3.8, 4) is 0 Å². The fraction of sp³-hybridized carbons (Fsp3) is 0.143. The Morgan fingerprint density at radius 2 is 1.60 bits per heavy atom. The van der Waals surface area contributed by atoms with Crippen LogP contribution in [0.15, 0.2) is 53.7 Å². The van der Waals surface area contributed by atoms with Gasteiger partial charge in [-0.1, -0.05) is 35.5 Å². The summed E-state index contributed by atoms with van der Waals surface area (Å²) in [6.45, 7) is 3.85. The van der Waals surface area contributed by atoms with Gasteiger partial charge in [0.25, 0.3) is 11.8 Å². The van der Waals surface area contributed by atoms with Crippen molar-refractivity contribution in [3.63, 3.8) is 0 Å². The number of rotatable bonds is 5. The highest BCUT2D eigenvalue weighted by Gasteiger charge is 2.13. The van der Waals surface area contributed by atoms with Crippen LogP contribution in [0.3, 0.4) is 0 Å². The van der Waals surface area contributed by atoms with Crippen LogP contribution < -0.4 is 10.9 Å². The quantitative estimate of drug-likeness (QED) is 0.349. The van der Waals surface area contributed by atoms with Crippen molar-refractivity contribution < 1.29 is 14.0 Å². The first-order valence-electron chi connectivity index (χ1n) is 8.91. The maximum Gasteiger partial charge on any atom is 0.271 e. The predicted octanol–water partition coefficient (Wildman–Crippen LogP) is 4.25. The first-order valence-corrected chi connectivity index (χ1v) is 10.3. The zero-order chi connectivity index (χ0) is 21.7. The zero-order valence-corrected chi connectivity index (χ0v) is 17.8. The molecule has 2 aromatic carbocycles. The molecule has 0 bridgehead atoms. The summed E-state index contributed by atoms with van der Waals surface area (Å²) in [6, 6.07) is 12.3. The summed E-state index contributed by atoms with van der Waals surface area (Å²) in [5, 5.41) is 0.660. The number of nitrogens with one attached hydrogen (secondary N) is 2. The fourth-order valence-corrected chi connectivity index (χ4v) is 3.74. The topological polar surface area (TPSA) is 84.0 Å². The van der Waals surface area contributed by atoms with E-state index in [0.717, 1.165) is 29.1 Å². The van der Waals surface area contributed by atoms with Crippen LogP contribution in [0, 0.1) is 19.7 Å². The second-order valence-corrected chi connectivity index (χ2v) is 7.80. The summed E-state index contributed by atoms with van der Waals surface area (Å²) >= 11 is 7.35. The number of carbonyl (C=O) groups is 2. The average molecular weight is 445 g/mol. The number of amides is 2. The van der Waals surface area contributed by atoms with Gasteiger partial charge in [-0.2, -0.15) is 0 Å². The lowest BCUT2D eigenvalue weighted by molar-refractivity contribution is 0.0846. The number of thioether (sulfide) groups is 1. The Balaban J connectivity index is 1.55. The summed E-state index contributed by atoms with van der Waals surface area (Å²) in [7, 11) is 0. The van der Waals surface area contributed by atoms with Gasteiger partial charge in [0.05, 0.1) is 10.6 Å². The van der Waals surface area contributed by atoms with Crippen LogP contribution in [-0.4, -0.2) is 21.8 Å². The number of nitrogens with zero attached hydrogens (tertiary/aromatic N) is 2. The number of benzene rings is 2. The van der Waals surface area contributed by atoms with Crippen molar-refractivity contribution in [2.75, 3.05) is 0 Å². The highest BCUT2D eigenvalue weighted by molar-refractivity contribution is 7.98. The van der Waals surface area contributed by atoms with E-state index in [1.807, 2.05) is 32.0 Å². The molecule has 0 radical (unpaired) electrons. The maximum absolute atomic E-state index is 13.1. The third-order valence-electron chi connectivity index (χ3n) is 4.01. The molecule has 0 spiro atoms. The van der Waals surface area contributed by atoms with Gasteiger partial charge < -0.3 is 0 Å². The van der Waals surface area contributed by atoms with Gasteiger partial charge in [0, 0.05) is 22.7 Å². The van der Waals surface area contributed by atoms with Gasteiger partial charge in [-0.25, -0.2) is 14.4 Å². The molecule has 0 aliphatic carbocycles. The molecule has 154 valence electrons. The van der Waals surface area contributed by atoms with E-state index in [4.69, 9.17) is 11.6 Å². The maximum atomic E-state index is 13.1. The van der Waals surface area contributed by atoms with E-state index in [-0.39, 0.29) is 10.6 Å². The van der Waals surface area contributed by atoms with E-state index >= 15 is 0 Å². The second-order valence-electron chi connectivity index (χ2n) is 6.45. The molecular formula is C21H18ClFN4O2S. The molecule has 0 unspecified atom stereocenters. The zero-order valence-electron chi connectivity index (χ0n) is 16.2. The number of aromatic nitrogens is 2. The molecular weight excluding hydrogens is 427 g/mol. The lowest BCUT2D eigenvalue weighted by Gasteiger charge is -2.09. The molecule has 2 N–H and O–H groups in total. The lowest BCUT2D eigenvalue weighted by Crippen LogP contribution is -2.41. The molecule has 9 heteroatoms. The van der Waals surface area contributed by atoms with E-state index in [0.29, 0.717) is 16.5 Å². The Morgan fingerprint density at radius 3 is 2.23 bits per heavy atom. The average Bonchev–Trinajstić information content (AvgIpc) is 2.70. The van der Waals surface area contributed by atoms with Gasteiger partial charge in [0.2, 0.25) is 0 Å². The van der Waals surface area contributed by atoms with Gasteiger partial charge in [0.1, 0.15) is 5.82 Å². The molecule has 30 heavy (non-hydrogen) atoms. The van der Waals surface area contributed by atoms with Gasteiger partial charge in [0.15, 0.2) is 5.16 Å². The van der Waals surface area contributed by atoms with E-state index < -0.39 is 17.6 Å². The lowest BCUT2D eigenvalue weighted by atomic mass is 10.1. The smallest absolute Gasteiger partial charge is 0.267 e. The van der Waals surface area contributed by atoms with Crippen molar-refractivity contribution in [2.45, 2.75) is 24.8 Å². The fourth-order valence-electron chi connectivity index (χ4n) is 2.59. The largest absolute Gasteiger partial charge is 0.271 e. The molecule has 1 heterocycles. The van der Waals surface area contributed by atoms with Crippen LogP contribution in [0.5, 0.6) is 0 Å². The van der Waals surface area contributed by atoms with Crippen molar-refractivity contribution in [3.05, 3.63) is 87.4 Å². The molecule has 1 aromatic heterocycles. The molecule has 6 nitrogen and oxygen atoms in total. The highest BCUT2D eigenvalue weighted by Crippen LogP contribution is 2.20. The Kier molecular flexibility index (Phi) is 7.02. The molecule has 3 aromatic rings. The molecule has 2 amide bonds. The van der Waals surface area contributed by atoms with Crippen LogP contribution in [0.2, 0.25) is 5.02 Å². The van der Waals surface area contributed by atoms with E-state index in [1.165, 1.54) is 17.8 Å². The van der Waals surface area contributed by atoms with Crippen molar-refractivity contribution in [2.24, 2.45) is 0 Å². The highest BCUT2D eigenvalue weighted by atomic mass is 35.5. The first kappa shape index (κ1) is 21.7. The van der Waals surface area contributed by atoms with Gasteiger partial charge in [-0.15, -0.1) is 0 Å². The minimum atomic E-state index is -0.644. The summed E-state index contributed by atoms with van der Waals surface area (Å²) in [4.78, 5) is 33.1. The minimum Gasteiger partial charge on any atom is -0.267 e. The van der Waals surface area contributed by atoms with Crippen LogP contribution in [-0.2, 0) is 5.75 Å². The number of hydrogen-bond acceptors (Lipinski definition) is 5. The first-order chi connectivity index (χ1) is 14.3. The number of hydrogen-bond donors (Lipinski definition) is 2. The number of halogens is 2. The summed E-state index contributed by atoms with van der Waals surface area (Å²) in [5.74, 6) is -1.03. The van der Waals surface area contributed by atoms with Crippen LogP contribution in [0.4, 0.5) is 4.39 Å². The molecule has 0 atom stereocenters. The predicted molar refractivity (Wildman–Crippen MR) is 114 cm³/mol. The molecule has 0 saturated heterocycles. The number of hydrazine groups is 1. The van der Waals surface area contributed by atoms with Crippen LogP contribution in [0.1, 0.15) is 37.7 Å². The Hall–Kier alpha value is -2.97. The summed E-state index contributed by atoms with van der Waals surface area (Å²) in [6.07, 6.45) is 0. The molecule has 0 fully saturated rings. The Morgan fingerprint density at radius 1 is 0.967 bits per heavy atom. The molecule has 0 saturated carbocycles. The summed E-state index contributed by atoms with van der Waals surface area (Å²) < 4.78 is 13.1. The van der Waals surface area contributed by atoms with Crippen LogP contribution in [0.25, 0.3) is 0 Å². The van der Waals surface area contributed by atoms with E-state index in [1.54, 1.807) is 12.1 Å². The van der Waals surface area contributed by atoms with Gasteiger partial charge in [-0.3, -0.25) is 20.4 Å². The monoisotopic (exact) mass is 444 g/mol. The SMILES string of the molecule is Cc1cc(C)nc(SCc2ccc(C(=O)NNC(=O)c3ccc(F)cc3Cl)cc2)n1. The van der Waals surface area contributed by atoms with Crippen molar-refractivity contribution in [1.29, 1.82) is 0 Å². The summed E-state index contributed by atoms with van der Waals surface area (Å²) in [5.41, 5.74) is 7.84. The number of aryl methyl sites for hydroxylation is 2. The Labute approximate surface area is 182 Å². The minimum absolute atomic E-state index is 0.0450. The second kappa shape index (κ2) is 9.69. The standard InChI is InChI=1S/C21H18ClFN4O2S/c1-12-9-13(2)25-21(24-12)30-11-14-3-5-15(6-4-14)19(28)26-27-20(29)17-8-7-16(23)10-18(17)22/h3-10H,11H2,1-2H3,(H,26,28)(H,27,29). The normalized spacial score (nSPS) is 10.5. The van der Waals surface area contributed by atoms with E-state index in [9.17, 15) is 14.0 Å². The number of carbonyl (C=O) groups excluding carboxylic acids is 2. The van der Waals surface area contributed by atoms with Gasteiger partial charge in [-0.05, 0) is 55.8 Å². The Bertz CT molecular complexity index is 1070. The molecule has 3 rings (SSSR count). The van der Waals surface area contributed by atoms with Crippen LogP contribution >= 0.6 is 23.4 Å². The van der Waals surface area contributed by atoms with Crippen molar-refractivity contribution >= 4 is 35.2 Å². The third kappa shape index (κ3) is 5.77.